The van der Waals surface area contributed by atoms with Crippen LogP contribution in [-0.4, -0.2) is 56.5 Å². The van der Waals surface area contributed by atoms with Crippen molar-refractivity contribution in [2.75, 3.05) is 11.9 Å². The van der Waals surface area contributed by atoms with Gasteiger partial charge in [-0.15, -0.1) is 0 Å². The first-order chi connectivity index (χ1) is 16.0. The topological polar surface area (TPSA) is 117 Å². The van der Waals surface area contributed by atoms with E-state index in [4.69, 9.17) is 5.26 Å². The lowest BCUT2D eigenvalue weighted by Gasteiger charge is -2.28. The fraction of sp³-hybridized carbons (Fsp3) is 0.409. The third kappa shape index (κ3) is 5.60. The smallest absolute Gasteiger partial charge is 0.345 e. The van der Waals surface area contributed by atoms with Gasteiger partial charge in [-0.05, 0) is 33.8 Å². The van der Waals surface area contributed by atoms with Crippen LogP contribution >= 0.6 is 0 Å². The summed E-state index contributed by atoms with van der Waals surface area (Å²) in [4.78, 5) is 21.4. The number of nitrogens with one attached hydrogen (secondary N) is 2. The van der Waals surface area contributed by atoms with Crippen LogP contribution < -0.4 is 10.6 Å². The van der Waals surface area contributed by atoms with Crippen molar-refractivity contribution in [2.45, 2.75) is 52.1 Å². The van der Waals surface area contributed by atoms with Crippen LogP contribution in [0.4, 0.5) is 18.9 Å². The number of nitriles is 1. The summed E-state index contributed by atoms with van der Waals surface area (Å²) in [5.41, 5.74) is 0.667. The predicted octanol–water partition coefficient (Wildman–Crippen LogP) is 3.57. The predicted molar refractivity (Wildman–Crippen MR) is 118 cm³/mol. The monoisotopic (exact) mass is 475 g/mol. The summed E-state index contributed by atoms with van der Waals surface area (Å²) in [5.74, 6) is -0.630. The fourth-order valence-electron chi connectivity index (χ4n) is 3.15. The molecule has 0 saturated heterocycles. The van der Waals surface area contributed by atoms with E-state index in [-0.39, 0.29) is 11.6 Å². The van der Waals surface area contributed by atoms with E-state index in [2.05, 4.69) is 30.4 Å². The number of alkyl halides is 3. The Morgan fingerprint density at radius 2 is 1.97 bits per heavy atom. The van der Waals surface area contributed by atoms with Crippen LogP contribution in [0.25, 0.3) is 16.9 Å². The highest BCUT2D eigenvalue weighted by Gasteiger charge is 2.34. The van der Waals surface area contributed by atoms with Gasteiger partial charge < -0.3 is 15.4 Å². The van der Waals surface area contributed by atoms with Crippen LogP contribution in [0.5, 0.6) is 0 Å². The van der Waals surface area contributed by atoms with Crippen LogP contribution in [0, 0.1) is 11.3 Å². The highest BCUT2D eigenvalue weighted by Crippen LogP contribution is 2.27. The van der Waals surface area contributed by atoms with Gasteiger partial charge in [0.25, 0.3) is 5.91 Å². The van der Waals surface area contributed by atoms with Gasteiger partial charge in [0.1, 0.15) is 17.8 Å². The maximum absolute atomic E-state index is 14.4. The van der Waals surface area contributed by atoms with Gasteiger partial charge in [-0.1, -0.05) is 0 Å². The maximum Gasteiger partial charge on any atom is 0.345 e. The Kier molecular flexibility index (Phi) is 7.36. The number of hydrogen-bond donors (Lipinski definition) is 2. The quantitative estimate of drug-likeness (QED) is 0.486. The zero-order valence-corrected chi connectivity index (χ0v) is 19.0. The van der Waals surface area contributed by atoms with E-state index in [0.717, 1.165) is 0 Å². The third-order valence-electron chi connectivity index (χ3n) is 4.94. The van der Waals surface area contributed by atoms with E-state index in [1.54, 1.807) is 12.3 Å². The molecule has 9 nitrogen and oxygen atoms in total. The minimum atomic E-state index is -3.14. The number of fused-ring (bicyclic) bond motifs is 1. The summed E-state index contributed by atoms with van der Waals surface area (Å²) in [6, 6.07) is 3.59. The van der Waals surface area contributed by atoms with Crippen LogP contribution in [0.3, 0.4) is 0 Å². The Balaban J connectivity index is 1.86. The minimum Gasteiger partial charge on any atom is -0.382 e. The number of anilines is 1. The summed E-state index contributed by atoms with van der Waals surface area (Å²) < 4.78 is 45.2. The molecule has 3 aromatic rings. The number of halogens is 3. The molecule has 0 saturated carbocycles. The van der Waals surface area contributed by atoms with Gasteiger partial charge in [0.2, 0.25) is 0 Å². The third-order valence-corrected chi connectivity index (χ3v) is 4.94. The van der Waals surface area contributed by atoms with E-state index in [9.17, 15) is 18.0 Å². The second-order valence-electron chi connectivity index (χ2n) is 8.35. The first-order valence-corrected chi connectivity index (χ1v) is 10.4. The minimum absolute atomic E-state index is 0.0469. The number of ether oxygens (including phenoxy) is 1. The van der Waals surface area contributed by atoms with Crippen molar-refractivity contribution in [1.29, 1.82) is 5.26 Å². The lowest BCUT2D eigenvalue weighted by atomic mass is 10.0. The van der Waals surface area contributed by atoms with Crippen molar-refractivity contribution in [2.24, 2.45) is 0 Å². The molecule has 0 spiro atoms. The van der Waals surface area contributed by atoms with Crippen molar-refractivity contribution >= 4 is 17.2 Å². The average molecular weight is 475 g/mol. The molecule has 180 valence electrons. The maximum atomic E-state index is 14.4. The normalized spacial score (nSPS) is 12.7. The first kappa shape index (κ1) is 24.9. The van der Waals surface area contributed by atoms with E-state index in [0.29, 0.717) is 28.2 Å². The molecule has 1 unspecified atom stereocenters. The molecule has 0 aliphatic rings. The number of carbonyl (C=O) groups is 1. The van der Waals surface area contributed by atoms with Gasteiger partial charge in [-0.25, -0.2) is 13.9 Å². The van der Waals surface area contributed by atoms with Gasteiger partial charge >= 0.3 is 6.61 Å². The Hall–Kier alpha value is -3.72. The van der Waals surface area contributed by atoms with Crippen LogP contribution in [0.15, 0.2) is 30.9 Å². The highest BCUT2D eigenvalue weighted by atomic mass is 19.3. The molecule has 3 aromatic heterocycles. The molecular formula is C22H24F3N7O2. The molecule has 12 heteroatoms. The summed E-state index contributed by atoms with van der Waals surface area (Å²) >= 11 is 0. The largest absolute Gasteiger partial charge is 0.382 e. The van der Waals surface area contributed by atoms with Gasteiger partial charge in [0, 0.05) is 18.4 Å². The Labute approximate surface area is 194 Å². The molecule has 3 rings (SSSR count). The number of aromatic nitrogens is 4. The van der Waals surface area contributed by atoms with Crippen LogP contribution in [0.1, 0.15) is 43.6 Å². The second-order valence-corrected chi connectivity index (χ2v) is 8.35. The first-order valence-electron chi connectivity index (χ1n) is 10.4. The van der Waals surface area contributed by atoms with Gasteiger partial charge in [0.05, 0.1) is 47.0 Å². The summed E-state index contributed by atoms with van der Waals surface area (Å²) in [7, 11) is 0. The van der Waals surface area contributed by atoms with E-state index < -0.39 is 30.8 Å². The summed E-state index contributed by atoms with van der Waals surface area (Å²) in [5, 5.41) is 18.8. The van der Waals surface area contributed by atoms with Crippen molar-refractivity contribution in [1.82, 2.24) is 24.9 Å². The van der Waals surface area contributed by atoms with E-state index in [1.165, 1.54) is 37.0 Å². The summed E-state index contributed by atoms with van der Waals surface area (Å²) in [6.07, 6.45) is 3.96. The molecule has 34 heavy (non-hydrogen) atoms. The molecule has 0 aliphatic heterocycles. The Bertz CT molecular complexity index is 1220. The number of carbonyl (C=O) groups excluding carboxylic acids is 1. The lowest BCUT2D eigenvalue weighted by Crippen LogP contribution is -2.45. The molecule has 2 N–H and O–H groups in total. The van der Waals surface area contributed by atoms with E-state index in [1.807, 2.05) is 19.9 Å². The van der Waals surface area contributed by atoms with Crippen molar-refractivity contribution in [3.8, 4) is 17.3 Å². The van der Waals surface area contributed by atoms with Gasteiger partial charge in [0.15, 0.2) is 5.65 Å². The molecule has 0 aliphatic carbocycles. The van der Waals surface area contributed by atoms with Crippen molar-refractivity contribution in [3.63, 3.8) is 0 Å². The SMILES string of the molecule is CC(C)Nc1cc(-c2cnn3cc(C#N)cnc23)ncc1C(=O)NCC(F)C(C)(C)OC(F)F. The van der Waals surface area contributed by atoms with Crippen LogP contribution in [0.2, 0.25) is 0 Å². The van der Waals surface area contributed by atoms with Crippen molar-refractivity contribution < 1.29 is 22.7 Å². The average Bonchev–Trinajstić information content (AvgIpc) is 3.19. The molecule has 1 amide bonds. The van der Waals surface area contributed by atoms with Gasteiger partial charge in [-0.3, -0.25) is 9.78 Å². The number of amides is 1. The second kappa shape index (κ2) is 10.0. The Morgan fingerprint density at radius 1 is 1.24 bits per heavy atom. The van der Waals surface area contributed by atoms with Crippen LogP contribution in [-0.2, 0) is 4.74 Å². The molecule has 3 heterocycles. The zero-order valence-electron chi connectivity index (χ0n) is 19.0. The fourth-order valence-corrected chi connectivity index (χ4v) is 3.15. The van der Waals surface area contributed by atoms with Crippen molar-refractivity contribution in [3.05, 3.63) is 42.0 Å². The zero-order chi connectivity index (χ0) is 25.0. The molecule has 0 bridgehead atoms. The van der Waals surface area contributed by atoms with E-state index >= 15 is 0 Å². The summed E-state index contributed by atoms with van der Waals surface area (Å²) in [6.45, 7) is 2.46. The number of hydrogen-bond acceptors (Lipinski definition) is 7. The molecule has 0 aromatic carbocycles. The highest BCUT2D eigenvalue weighted by molar-refractivity contribution is 6.00. The Morgan fingerprint density at radius 3 is 2.62 bits per heavy atom. The lowest BCUT2D eigenvalue weighted by molar-refractivity contribution is -0.215. The molecular weight excluding hydrogens is 451 g/mol. The molecule has 0 fully saturated rings. The standard InChI is InChI=1S/C22H24F3N7O2/c1-12(2)31-17-5-16(14-9-30-32-11-13(6-26)7-28-19(14)32)27-8-15(17)20(33)29-10-18(23)22(3,4)34-21(24)25/h5,7-9,11-12,18,21H,10H2,1-4H3,(H,27,31)(H,29,33). The molecule has 1 atom stereocenters. The van der Waals surface area contributed by atoms with Gasteiger partial charge in [-0.2, -0.15) is 19.1 Å². The number of rotatable bonds is 9. The number of nitrogens with zero attached hydrogens (tertiary/aromatic N) is 5. The number of pyridine rings is 1. The molecule has 0 radical (unpaired) electrons.